The number of hydrogen-bond acceptors (Lipinski definition) is 3. The number of nitrogens with one attached hydrogen (secondary N) is 1. The smallest absolute Gasteiger partial charge is 0.252 e. The van der Waals surface area contributed by atoms with Crippen molar-refractivity contribution in [1.82, 2.24) is 20.1 Å². The van der Waals surface area contributed by atoms with E-state index in [2.05, 4.69) is 45.2 Å². The molecular formula is C14H17BrN4O. The molecule has 1 aromatic heterocycles. The third kappa shape index (κ3) is 3.66. The second-order valence-electron chi connectivity index (χ2n) is 4.92. The molecule has 106 valence electrons. The van der Waals surface area contributed by atoms with Crippen molar-refractivity contribution in [1.29, 1.82) is 0 Å². The molecule has 20 heavy (non-hydrogen) atoms. The van der Waals surface area contributed by atoms with E-state index in [0.29, 0.717) is 18.0 Å². The molecule has 5 nitrogen and oxygen atoms in total. The number of carbonyl (C=O) groups excluding carboxylic acids is 1. The first kappa shape index (κ1) is 14.7. The maximum atomic E-state index is 12.3. The second-order valence-corrected chi connectivity index (χ2v) is 5.78. The minimum atomic E-state index is -0.0868. The number of rotatable bonds is 5. The summed E-state index contributed by atoms with van der Waals surface area (Å²) < 4.78 is 2.52. The van der Waals surface area contributed by atoms with Crippen molar-refractivity contribution >= 4 is 21.8 Å². The number of halogens is 1. The van der Waals surface area contributed by atoms with Crippen molar-refractivity contribution in [2.45, 2.75) is 26.4 Å². The minimum Gasteiger partial charge on any atom is -0.347 e. The number of hydrogen-bond donors (Lipinski definition) is 1. The summed E-state index contributed by atoms with van der Waals surface area (Å²) in [5.41, 5.74) is 0.636. The zero-order valence-electron chi connectivity index (χ0n) is 11.5. The van der Waals surface area contributed by atoms with E-state index in [9.17, 15) is 4.79 Å². The lowest BCUT2D eigenvalue weighted by atomic mass is 10.0. The highest BCUT2D eigenvalue weighted by molar-refractivity contribution is 9.10. The van der Waals surface area contributed by atoms with Gasteiger partial charge in [0, 0.05) is 4.47 Å². The fourth-order valence-corrected chi connectivity index (χ4v) is 2.31. The van der Waals surface area contributed by atoms with Crippen molar-refractivity contribution in [2.24, 2.45) is 5.92 Å². The van der Waals surface area contributed by atoms with Gasteiger partial charge in [0.05, 0.1) is 18.2 Å². The lowest BCUT2D eigenvalue weighted by molar-refractivity contribution is 0.0918. The first-order valence-electron chi connectivity index (χ1n) is 6.45. The van der Waals surface area contributed by atoms with Gasteiger partial charge in [-0.2, -0.15) is 5.10 Å². The molecule has 0 bridgehead atoms. The summed E-state index contributed by atoms with van der Waals surface area (Å²) in [6, 6.07) is 7.39. The maximum absolute atomic E-state index is 12.3. The molecular weight excluding hydrogens is 320 g/mol. The largest absolute Gasteiger partial charge is 0.347 e. The van der Waals surface area contributed by atoms with E-state index in [1.165, 1.54) is 6.33 Å². The Kier molecular flexibility index (Phi) is 4.89. The molecule has 0 aliphatic heterocycles. The standard InChI is InChI=1S/C14H17BrN4O/c1-10(2)13(7-19-9-16-8-17-19)18-14(20)11-5-3-4-6-12(11)15/h3-6,8-10,13H,7H2,1-2H3,(H,18,20)/t13-/m1/s1. The molecule has 1 amide bonds. The monoisotopic (exact) mass is 336 g/mol. The molecule has 0 saturated carbocycles. The number of benzene rings is 1. The van der Waals surface area contributed by atoms with Gasteiger partial charge in [-0.15, -0.1) is 0 Å². The van der Waals surface area contributed by atoms with Crippen LogP contribution in [0.2, 0.25) is 0 Å². The third-order valence-electron chi connectivity index (χ3n) is 3.09. The zero-order chi connectivity index (χ0) is 14.5. The average Bonchev–Trinajstić information content (AvgIpc) is 2.91. The fraction of sp³-hybridized carbons (Fsp3) is 0.357. The van der Waals surface area contributed by atoms with Crippen molar-refractivity contribution in [2.75, 3.05) is 0 Å². The van der Waals surface area contributed by atoms with Crippen LogP contribution in [-0.4, -0.2) is 26.7 Å². The summed E-state index contributed by atoms with van der Waals surface area (Å²) in [7, 11) is 0. The normalized spacial score (nSPS) is 12.4. The first-order chi connectivity index (χ1) is 9.58. The molecule has 0 aliphatic carbocycles. The summed E-state index contributed by atoms with van der Waals surface area (Å²) in [5.74, 6) is 0.210. The zero-order valence-corrected chi connectivity index (χ0v) is 13.0. The van der Waals surface area contributed by atoms with Crippen LogP contribution in [0.5, 0.6) is 0 Å². The van der Waals surface area contributed by atoms with Crippen molar-refractivity contribution in [3.63, 3.8) is 0 Å². The molecule has 0 fully saturated rings. The van der Waals surface area contributed by atoms with E-state index < -0.39 is 0 Å². The number of aromatic nitrogens is 3. The molecule has 0 spiro atoms. The Labute approximate surface area is 126 Å². The number of carbonyl (C=O) groups is 1. The lowest BCUT2D eigenvalue weighted by Crippen LogP contribution is -2.41. The highest BCUT2D eigenvalue weighted by atomic mass is 79.9. The van der Waals surface area contributed by atoms with E-state index in [1.807, 2.05) is 18.2 Å². The van der Waals surface area contributed by atoms with Gasteiger partial charge in [-0.25, -0.2) is 4.98 Å². The van der Waals surface area contributed by atoms with E-state index in [-0.39, 0.29) is 11.9 Å². The highest BCUT2D eigenvalue weighted by Crippen LogP contribution is 2.16. The van der Waals surface area contributed by atoms with Crippen LogP contribution in [0.4, 0.5) is 0 Å². The Morgan fingerprint density at radius 1 is 1.40 bits per heavy atom. The van der Waals surface area contributed by atoms with Crippen molar-refractivity contribution < 1.29 is 4.79 Å². The van der Waals surface area contributed by atoms with E-state index in [4.69, 9.17) is 0 Å². The predicted octanol–water partition coefficient (Wildman–Crippen LogP) is 2.50. The average molecular weight is 337 g/mol. The van der Waals surface area contributed by atoms with Gasteiger partial charge in [0.2, 0.25) is 0 Å². The minimum absolute atomic E-state index is 0.00342. The molecule has 1 heterocycles. The Morgan fingerprint density at radius 2 is 2.15 bits per heavy atom. The third-order valence-corrected chi connectivity index (χ3v) is 3.78. The summed E-state index contributed by atoms with van der Waals surface area (Å²) in [5, 5.41) is 7.14. The second kappa shape index (κ2) is 6.65. The highest BCUT2D eigenvalue weighted by Gasteiger charge is 2.19. The molecule has 6 heteroatoms. The molecule has 0 saturated heterocycles. The molecule has 2 rings (SSSR count). The number of nitrogens with zero attached hydrogens (tertiary/aromatic N) is 3. The Balaban J connectivity index is 2.08. The van der Waals surface area contributed by atoms with Gasteiger partial charge in [-0.1, -0.05) is 26.0 Å². The van der Waals surface area contributed by atoms with Gasteiger partial charge >= 0.3 is 0 Å². The van der Waals surface area contributed by atoms with Crippen LogP contribution in [0.3, 0.4) is 0 Å². The van der Waals surface area contributed by atoms with Gasteiger partial charge in [0.25, 0.3) is 5.91 Å². The van der Waals surface area contributed by atoms with Crippen LogP contribution in [0.15, 0.2) is 41.4 Å². The SMILES string of the molecule is CC(C)[C@@H](Cn1cncn1)NC(=O)c1ccccc1Br. The van der Waals surface area contributed by atoms with Gasteiger partial charge in [0.1, 0.15) is 12.7 Å². The molecule has 1 N–H and O–H groups in total. The van der Waals surface area contributed by atoms with Crippen LogP contribution in [-0.2, 0) is 6.54 Å². The van der Waals surface area contributed by atoms with Gasteiger partial charge in [-0.05, 0) is 34.0 Å². The summed E-state index contributed by atoms with van der Waals surface area (Å²) in [6.07, 6.45) is 3.15. The Hall–Kier alpha value is -1.69. The van der Waals surface area contributed by atoms with Crippen LogP contribution < -0.4 is 5.32 Å². The summed E-state index contributed by atoms with van der Waals surface area (Å²) in [6.45, 7) is 4.75. The Morgan fingerprint density at radius 3 is 2.75 bits per heavy atom. The molecule has 1 aromatic carbocycles. The maximum Gasteiger partial charge on any atom is 0.252 e. The van der Waals surface area contributed by atoms with Crippen LogP contribution in [0, 0.1) is 5.92 Å². The fourth-order valence-electron chi connectivity index (χ4n) is 1.84. The number of amides is 1. The van der Waals surface area contributed by atoms with E-state index in [0.717, 1.165) is 4.47 Å². The first-order valence-corrected chi connectivity index (χ1v) is 7.25. The van der Waals surface area contributed by atoms with Crippen molar-refractivity contribution in [3.8, 4) is 0 Å². The van der Waals surface area contributed by atoms with Gasteiger partial charge < -0.3 is 5.32 Å². The van der Waals surface area contributed by atoms with E-state index in [1.54, 1.807) is 17.1 Å². The Bertz CT molecular complexity index is 568. The molecule has 0 radical (unpaired) electrons. The van der Waals surface area contributed by atoms with Gasteiger partial charge in [-0.3, -0.25) is 9.48 Å². The summed E-state index contributed by atoms with van der Waals surface area (Å²) in [4.78, 5) is 16.2. The van der Waals surface area contributed by atoms with Gasteiger partial charge in [0.15, 0.2) is 0 Å². The van der Waals surface area contributed by atoms with Crippen molar-refractivity contribution in [3.05, 3.63) is 47.0 Å². The molecule has 1 atom stereocenters. The van der Waals surface area contributed by atoms with Crippen LogP contribution >= 0.6 is 15.9 Å². The molecule has 0 aliphatic rings. The van der Waals surface area contributed by atoms with Crippen LogP contribution in [0.25, 0.3) is 0 Å². The van der Waals surface area contributed by atoms with E-state index >= 15 is 0 Å². The topological polar surface area (TPSA) is 59.8 Å². The molecule has 2 aromatic rings. The summed E-state index contributed by atoms with van der Waals surface area (Å²) >= 11 is 3.40. The molecule has 0 unspecified atom stereocenters. The quantitative estimate of drug-likeness (QED) is 0.912. The lowest BCUT2D eigenvalue weighted by Gasteiger charge is -2.22. The van der Waals surface area contributed by atoms with Crippen LogP contribution in [0.1, 0.15) is 24.2 Å². The predicted molar refractivity (Wildman–Crippen MR) is 80.3 cm³/mol.